The molecule has 2 aliphatic carbocycles. The van der Waals surface area contributed by atoms with E-state index < -0.39 is 0 Å². The SMILES string of the molecule is CC1CCC(OCc2ccoc2CNC2CC2)CC1C. The molecule has 112 valence electrons. The molecule has 2 fully saturated rings. The third-order valence-electron chi connectivity index (χ3n) is 4.99. The van der Waals surface area contributed by atoms with E-state index in [1.54, 1.807) is 6.26 Å². The Hall–Kier alpha value is -0.800. The number of hydrogen-bond acceptors (Lipinski definition) is 3. The van der Waals surface area contributed by atoms with Crippen LogP contribution in [-0.4, -0.2) is 12.1 Å². The standard InChI is InChI=1S/C17H27NO2/c1-12-3-6-16(9-13(12)2)20-11-14-7-8-19-17(14)10-18-15-4-5-15/h7-8,12-13,15-16,18H,3-6,9-11H2,1-2H3. The zero-order valence-electron chi connectivity index (χ0n) is 12.7. The zero-order chi connectivity index (χ0) is 13.9. The molecule has 0 amide bonds. The molecule has 1 aromatic heterocycles. The van der Waals surface area contributed by atoms with E-state index in [1.807, 2.05) is 0 Å². The third kappa shape index (κ3) is 3.64. The van der Waals surface area contributed by atoms with Gasteiger partial charge in [-0.1, -0.05) is 13.8 Å². The highest BCUT2D eigenvalue weighted by Crippen LogP contribution is 2.31. The molecule has 0 aliphatic heterocycles. The first-order valence-corrected chi connectivity index (χ1v) is 8.12. The maximum absolute atomic E-state index is 6.12. The number of rotatable bonds is 6. The molecular formula is C17H27NO2. The fourth-order valence-electron chi connectivity index (χ4n) is 3.03. The fraction of sp³-hybridized carbons (Fsp3) is 0.765. The Morgan fingerprint density at radius 2 is 2.05 bits per heavy atom. The summed E-state index contributed by atoms with van der Waals surface area (Å²) >= 11 is 0. The number of ether oxygens (including phenoxy) is 1. The Balaban J connectivity index is 1.46. The van der Waals surface area contributed by atoms with Crippen LogP contribution in [0.4, 0.5) is 0 Å². The lowest BCUT2D eigenvalue weighted by Crippen LogP contribution is -2.26. The third-order valence-corrected chi connectivity index (χ3v) is 4.99. The van der Waals surface area contributed by atoms with Gasteiger partial charge < -0.3 is 14.5 Å². The predicted octanol–water partition coefficient (Wildman–Crippen LogP) is 3.87. The van der Waals surface area contributed by atoms with Gasteiger partial charge in [-0.05, 0) is 50.0 Å². The topological polar surface area (TPSA) is 34.4 Å². The molecule has 2 saturated carbocycles. The molecule has 3 rings (SSSR count). The van der Waals surface area contributed by atoms with Crippen molar-refractivity contribution in [2.24, 2.45) is 11.8 Å². The second-order valence-corrected chi connectivity index (χ2v) is 6.72. The van der Waals surface area contributed by atoms with Crippen LogP contribution in [0.1, 0.15) is 57.3 Å². The highest BCUT2D eigenvalue weighted by Gasteiger charge is 2.25. The van der Waals surface area contributed by atoms with Gasteiger partial charge in [-0.3, -0.25) is 0 Å². The van der Waals surface area contributed by atoms with E-state index in [2.05, 4.69) is 25.2 Å². The molecule has 0 saturated heterocycles. The van der Waals surface area contributed by atoms with Gasteiger partial charge in [-0.15, -0.1) is 0 Å². The Bertz CT molecular complexity index is 424. The van der Waals surface area contributed by atoms with E-state index in [9.17, 15) is 0 Å². The molecule has 1 heterocycles. The van der Waals surface area contributed by atoms with E-state index in [0.29, 0.717) is 12.7 Å². The predicted molar refractivity (Wildman–Crippen MR) is 79.3 cm³/mol. The minimum Gasteiger partial charge on any atom is -0.468 e. The smallest absolute Gasteiger partial charge is 0.123 e. The molecule has 3 atom stereocenters. The van der Waals surface area contributed by atoms with Crippen LogP contribution in [0.25, 0.3) is 0 Å². The summed E-state index contributed by atoms with van der Waals surface area (Å²) in [7, 11) is 0. The second-order valence-electron chi connectivity index (χ2n) is 6.72. The Morgan fingerprint density at radius 1 is 1.20 bits per heavy atom. The molecule has 2 aliphatic rings. The maximum atomic E-state index is 6.12. The minimum absolute atomic E-state index is 0.431. The molecule has 1 aromatic rings. The summed E-state index contributed by atoms with van der Waals surface area (Å²) in [6, 6.07) is 2.77. The van der Waals surface area contributed by atoms with E-state index >= 15 is 0 Å². The lowest BCUT2D eigenvalue weighted by Gasteiger charge is -2.31. The van der Waals surface area contributed by atoms with Crippen LogP contribution in [0.2, 0.25) is 0 Å². The molecule has 3 unspecified atom stereocenters. The lowest BCUT2D eigenvalue weighted by molar-refractivity contribution is -0.00798. The quantitative estimate of drug-likeness (QED) is 0.857. The average Bonchev–Trinajstić information content (AvgIpc) is 3.16. The summed E-state index contributed by atoms with van der Waals surface area (Å²) in [5.41, 5.74) is 1.21. The summed E-state index contributed by atoms with van der Waals surface area (Å²) in [4.78, 5) is 0. The van der Waals surface area contributed by atoms with Gasteiger partial charge in [-0.2, -0.15) is 0 Å². The number of furan rings is 1. The van der Waals surface area contributed by atoms with Crippen LogP contribution in [0.15, 0.2) is 16.7 Å². The largest absolute Gasteiger partial charge is 0.468 e. The van der Waals surface area contributed by atoms with Crippen molar-refractivity contribution in [2.75, 3.05) is 0 Å². The molecule has 0 radical (unpaired) electrons. The van der Waals surface area contributed by atoms with Crippen molar-refractivity contribution < 1.29 is 9.15 Å². The summed E-state index contributed by atoms with van der Waals surface area (Å²) in [5, 5.41) is 3.50. The van der Waals surface area contributed by atoms with Gasteiger partial charge in [0.05, 0.1) is 25.5 Å². The first-order chi connectivity index (χ1) is 9.72. The summed E-state index contributed by atoms with van der Waals surface area (Å²) < 4.78 is 11.7. The highest BCUT2D eigenvalue weighted by atomic mass is 16.5. The Labute approximate surface area is 122 Å². The van der Waals surface area contributed by atoms with Crippen molar-refractivity contribution >= 4 is 0 Å². The van der Waals surface area contributed by atoms with Crippen LogP contribution < -0.4 is 5.32 Å². The van der Waals surface area contributed by atoms with E-state index in [1.165, 1.54) is 37.7 Å². The molecule has 0 aromatic carbocycles. The van der Waals surface area contributed by atoms with Gasteiger partial charge in [0.15, 0.2) is 0 Å². The summed E-state index contributed by atoms with van der Waals surface area (Å²) in [6.45, 7) is 6.25. The van der Waals surface area contributed by atoms with Crippen molar-refractivity contribution in [2.45, 2.75) is 71.2 Å². The fourth-order valence-corrected chi connectivity index (χ4v) is 3.03. The second kappa shape index (κ2) is 6.31. The van der Waals surface area contributed by atoms with Crippen molar-refractivity contribution in [3.05, 3.63) is 23.7 Å². The van der Waals surface area contributed by atoms with Crippen molar-refractivity contribution in [1.29, 1.82) is 0 Å². The molecule has 3 nitrogen and oxygen atoms in total. The Kier molecular flexibility index (Phi) is 4.47. The lowest BCUT2D eigenvalue weighted by atomic mass is 9.80. The van der Waals surface area contributed by atoms with Gasteiger partial charge in [0.2, 0.25) is 0 Å². The highest BCUT2D eigenvalue weighted by molar-refractivity contribution is 5.16. The van der Waals surface area contributed by atoms with Crippen LogP contribution >= 0.6 is 0 Å². The molecular weight excluding hydrogens is 250 g/mol. The minimum atomic E-state index is 0.431. The van der Waals surface area contributed by atoms with Crippen LogP contribution in [0.5, 0.6) is 0 Å². The molecule has 0 spiro atoms. The van der Waals surface area contributed by atoms with E-state index in [-0.39, 0.29) is 0 Å². The molecule has 0 bridgehead atoms. The van der Waals surface area contributed by atoms with Gasteiger partial charge in [0, 0.05) is 11.6 Å². The first-order valence-electron chi connectivity index (χ1n) is 8.12. The van der Waals surface area contributed by atoms with Crippen LogP contribution in [0.3, 0.4) is 0 Å². The van der Waals surface area contributed by atoms with Gasteiger partial charge in [-0.25, -0.2) is 0 Å². The van der Waals surface area contributed by atoms with Crippen LogP contribution in [0, 0.1) is 11.8 Å². The zero-order valence-corrected chi connectivity index (χ0v) is 12.7. The number of nitrogens with one attached hydrogen (secondary N) is 1. The van der Waals surface area contributed by atoms with Crippen molar-refractivity contribution in [3.8, 4) is 0 Å². The summed E-state index contributed by atoms with van der Waals surface area (Å²) in [5.74, 6) is 2.69. The molecule has 3 heteroatoms. The van der Waals surface area contributed by atoms with Crippen LogP contribution in [-0.2, 0) is 17.9 Å². The van der Waals surface area contributed by atoms with Gasteiger partial charge in [0.25, 0.3) is 0 Å². The maximum Gasteiger partial charge on any atom is 0.123 e. The Morgan fingerprint density at radius 3 is 2.80 bits per heavy atom. The van der Waals surface area contributed by atoms with E-state index in [0.717, 1.165) is 30.2 Å². The van der Waals surface area contributed by atoms with Gasteiger partial charge >= 0.3 is 0 Å². The average molecular weight is 277 g/mol. The number of hydrogen-bond donors (Lipinski definition) is 1. The molecule has 1 N–H and O–H groups in total. The first kappa shape index (κ1) is 14.2. The summed E-state index contributed by atoms with van der Waals surface area (Å²) in [6.07, 6.45) is 8.55. The molecule has 20 heavy (non-hydrogen) atoms. The monoisotopic (exact) mass is 277 g/mol. The van der Waals surface area contributed by atoms with Gasteiger partial charge in [0.1, 0.15) is 5.76 Å². The van der Waals surface area contributed by atoms with Crippen molar-refractivity contribution in [1.82, 2.24) is 5.32 Å². The van der Waals surface area contributed by atoms with Crippen molar-refractivity contribution in [3.63, 3.8) is 0 Å². The van der Waals surface area contributed by atoms with E-state index in [4.69, 9.17) is 9.15 Å². The normalized spacial score (nSPS) is 30.6.